The molecule has 0 atom stereocenters. The minimum Gasteiger partial charge on any atom is -0.396 e. The Balaban J connectivity index is 1.76. The molecule has 1 aromatic heterocycles. The fourth-order valence-corrected chi connectivity index (χ4v) is 4.40. The lowest BCUT2D eigenvalue weighted by molar-refractivity contribution is 0.436. The van der Waals surface area contributed by atoms with Gasteiger partial charge in [0.1, 0.15) is 0 Å². The molecule has 0 amide bonds. The lowest BCUT2D eigenvalue weighted by atomic mass is 9.34. The number of aromatic nitrogens is 1. The van der Waals surface area contributed by atoms with Crippen LogP contribution in [0, 0.1) is 0 Å². The maximum absolute atomic E-state index is 2.55. The zero-order chi connectivity index (χ0) is 11.9. The Hall–Kier alpha value is -1.18. The summed E-state index contributed by atoms with van der Waals surface area (Å²) in [5, 5.41) is 2.81. The Labute approximate surface area is 109 Å². The average Bonchev–Trinajstić information content (AvgIpc) is 2.81. The van der Waals surface area contributed by atoms with E-state index in [4.69, 9.17) is 0 Å². The monoisotopic (exact) mass is 237 g/mol. The quantitative estimate of drug-likeness (QED) is 0.639. The van der Waals surface area contributed by atoms with Crippen molar-refractivity contribution in [1.82, 2.24) is 4.48 Å². The molecule has 2 aliphatic heterocycles. The van der Waals surface area contributed by atoms with E-state index in [0.29, 0.717) is 0 Å². The summed E-state index contributed by atoms with van der Waals surface area (Å²) in [6, 6.07) is 8.78. The maximum Gasteiger partial charge on any atom is 0.265 e. The van der Waals surface area contributed by atoms with Gasteiger partial charge >= 0.3 is 0 Å². The van der Waals surface area contributed by atoms with E-state index in [2.05, 4.69) is 41.1 Å². The summed E-state index contributed by atoms with van der Waals surface area (Å²) in [6.07, 6.45) is 13.5. The van der Waals surface area contributed by atoms with Crippen molar-refractivity contribution in [3.63, 3.8) is 0 Å². The predicted molar refractivity (Wildman–Crippen MR) is 78.3 cm³/mol. The first-order valence-corrected chi connectivity index (χ1v) is 7.48. The summed E-state index contributed by atoms with van der Waals surface area (Å²) in [6.45, 7) is 0.792. The van der Waals surface area contributed by atoms with Crippen LogP contribution < -0.4 is 0 Å². The van der Waals surface area contributed by atoms with Gasteiger partial charge in [0.2, 0.25) is 0 Å². The molecular formula is C16H20BN. The summed E-state index contributed by atoms with van der Waals surface area (Å²) in [7, 11) is 0. The molecule has 18 heavy (non-hydrogen) atoms. The summed E-state index contributed by atoms with van der Waals surface area (Å²) in [5.41, 5.74) is 0. The van der Waals surface area contributed by atoms with Gasteiger partial charge in [-0.2, -0.15) is 0 Å². The van der Waals surface area contributed by atoms with Crippen LogP contribution in [-0.4, -0.2) is 11.3 Å². The molecule has 0 unspecified atom stereocenters. The van der Waals surface area contributed by atoms with Gasteiger partial charge in [-0.05, 0) is 34.8 Å². The number of benzene rings is 1. The second-order valence-corrected chi connectivity index (χ2v) is 6.21. The van der Waals surface area contributed by atoms with Crippen molar-refractivity contribution in [1.29, 1.82) is 0 Å². The zero-order valence-electron chi connectivity index (χ0n) is 10.9. The van der Waals surface area contributed by atoms with E-state index < -0.39 is 0 Å². The van der Waals surface area contributed by atoms with E-state index in [1.807, 2.05) is 0 Å². The second kappa shape index (κ2) is 4.19. The molecule has 4 rings (SSSR count). The Kier molecular flexibility index (Phi) is 2.49. The summed E-state index contributed by atoms with van der Waals surface area (Å²) < 4.78 is 2.55. The number of hydrogen-bond donors (Lipinski definition) is 0. The second-order valence-electron chi connectivity index (χ2n) is 6.21. The van der Waals surface area contributed by atoms with Crippen LogP contribution in [0.5, 0.6) is 0 Å². The van der Waals surface area contributed by atoms with Gasteiger partial charge in [-0.3, -0.25) is 0 Å². The molecule has 0 saturated carbocycles. The van der Waals surface area contributed by atoms with Gasteiger partial charge in [-0.25, -0.2) is 0 Å². The first kappa shape index (κ1) is 10.7. The highest BCUT2D eigenvalue weighted by molar-refractivity contribution is 6.61. The molecule has 2 heteroatoms. The minimum absolute atomic E-state index is 0.792. The van der Waals surface area contributed by atoms with Crippen LogP contribution in [0.15, 0.2) is 36.7 Å². The van der Waals surface area contributed by atoms with Gasteiger partial charge in [0.15, 0.2) is 0 Å². The fourth-order valence-electron chi connectivity index (χ4n) is 4.40. The Bertz CT molecular complexity index is 504. The molecule has 2 bridgehead atoms. The summed E-state index contributed by atoms with van der Waals surface area (Å²) >= 11 is 0. The van der Waals surface area contributed by atoms with Crippen LogP contribution in [0.4, 0.5) is 0 Å². The number of hydrogen-bond acceptors (Lipinski definition) is 0. The van der Waals surface area contributed by atoms with Crippen LogP contribution in [0.25, 0.3) is 10.8 Å². The van der Waals surface area contributed by atoms with Gasteiger partial charge in [0.25, 0.3) is 6.85 Å². The van der Waals surface area contributed by atoms with E-state index in [0.717, 1.165) is 18.5 Å². The molecule has 0 N–H and O–H groups in total. The third-order valence-electron chi connectivity index (χ3n) is 5.18. The van der Waals surface area contributed by atoms with Crippen LogP contribution in [-0.2, 0) is 0 Å². The molecule has 2 saturated heterocycles. The molecule has 0 spiro atoms. The zero-order valence-corrected chi connectivity index (χ0v) is 10.9. The average molecular weight is 237 g/mol. The molecule has 92 valence electrons. The van der Waals surface area contributed by atoms with Gasteiger partial charge in [0.05, 0.1) is 0 Å². The molecule has 1 aromatic carbocycles. The van der Waals surface area contributed by atoms with Gasteiger partial charge < -0.3 is 4.48 Å². The molecule has 3 heterocycles. The molecule has 2 fully saturated rings. The number of nitrogens with zero attached hydrogens (tertiary/aromatic N) is 1. The molecule has 0 radical (unpaired) electrons. The standard InChI is InChI=1S/C16H20BN/c1-2-6-14-12-18(11-13(14)5-1)17-15-7-3-8-16(17)10-4-9-15/h1-2,5-6,11-12,15-16H,3-4,7-10H2. The van der Waals surface area contributed by atoms with E-state index in [-0.39, 0.29) is 0 Å². The molecule has 1 nitrogen and oxygen atoms in total. The molecular weight excluding hydrogens is 217 g/mol. The first-order valence-electron chi connectivity index (χ1n) is 7.48. The normalized spacial score (nSPS) is 27.7. The van der Waals surface area contributed by atoms with Crippen molar-refractivity contribution in [2.45, 2.75) is 50.2 Å². The van der Waals surface area contributed by atoms with Gasteiger partial charge in [-0.1, -0.05) is 62.8 Å². The molecule has 2 aliphatic rings. The lowest BCUT2D eigenvalue weighted by Crippen LogP contribution is -2.40. The largest absolute Gasteiger partial charge is 0.396 e. The topological polar surface area (TPSA) is 4.93 Å². The SMILES string of the molecule is c1ccc2cn(B3C4CCCC3CCC4)cc2c1. The van der Waals surface area contributed by atoms with Gasteiger partial charge in [0, 0.05) is 0 Å². The summed E-state index contributed by atoms with van der Waals surface area (Å²) in [4.78, 5) is 0. The van der Waals surface area contributed by atoms with Crippen LogP contribution in [0.1, 0.15) is 38.5 Å². The smallest absolute Gasteiger partial charge is 0.265 e. The van der Waals surface area contributed by atoms with E-state index >= 15 is 0 Å². The van der Waals surface area contributed by atoms with Crippen LogP contribution >= 0.6 is 0 Å². The van der Waals surface area contributed by atoms with Crippen molar-refractivity contribution in [3.05, 3.63) is 36.7 Å². The van der Waals surface area contributed by atoms with Crippen LogP contribution in [0.3, 0.4) is 0 Å². The first-order chi connectivity index (χ1) is 8.92. The maximum atomic E-state index is 2.55. The minimum atomic E-state index is 0.792. The highest BCUT2D eigenvalue weighted by Gasteiger charge is 2.40. The van der Waals surface area contributed by atoms with Crippen LogP contribution in [0.2, 0.25) is 11.6 Å². The van der Waals surface area contributed by atoms with Crippen molar-refractivity contribution >= 4 is 17.6 Å². The van der Waals surface area contributed by atoms with Crippen molar-refractivity contribution in [2.24, 2.45) is 0 Å². The Morgan fingerprint density at radius 2 is 1.33 bits per heavy atom. The van der Waals surface area contributed by atoms with E-state index in [1.54, 1.807) is 0 Å². The molecule has 0 aliphatic carbocycles. The van der Waals surface area contributed by atoms with Gasteiger partial charge in [-0.15, -0.1) is 0 Å². The highest BCUT2D eigenvalue weighted by atomic mass is 14.9. The van der Waals surface area contributed by atoms with E-state index in [1.165, 1.54) is 49.3 Å². The summed E-state index contributed by atoms with van der Waals surface area (Å²) in [5.74, 6) is 1.89. The fraction of sp³-hybridized carbons (Fsp3) is 0.500. The number of fused-ring (bicyclic) bond motifs is 3. The highest BCUT2D eigenvalue weighted by Crippen LogP contribution is 2.47. The number of rotatable bonds is 1. The van der Waals surface area contributed by atoms with Crippen molar-refractivity contribution in [3.8, 4) is 0 Å². The molecule has 2 aromatic rings. The lowest BCUT2D eigenvalue weighted by Gasteiger charge is -2.40. The Morgan fingerprint density at radius 3 is 1.83 bits per heavy atom. The predicted octanol–water partition coefficient (Wildman–Crippen LogP) is 4.59. The Morgan fingerprint density at radius 1 is 0.833 bits per heavy atom. The third kappa shape index (κ3) is 1.62. The van der Waals surface area contributed by atoms with Crippen molar-refractivity contribution < 1.29 is 0 Å². The van der Waals surface area contributed by atoms with Crippen molar-refractivity contribution in [2.75, 3.05) is 0 Å². The van der Waals surface area contributed by atoms with E-state index in [9.17, 15) is 0 Å². The third-order valence-corrected chi connectivity index (χ3v) is 5.18.